The van der Waals surface area contributed by atoms with Crippen molar-refractivity contribution in [2.75, 3.05) is 13.1 Å². The molecule has 0 atom stereocenters. The van der Waals surface area contributed by atoms with Gasteiger partial charge in [-0.25, -0.2) is 0 Å². The molecule has 1 aromatic heterocycles. The SMILES string of the molecule is Cc1ccnc(CN2CC(C)C2)c1. The second-order valence-corrected chi connectivity index (χ2v) is 4.12. The lowest BCUT2D eigenvalue weighted by molar-refractivity contribution is 0.103. The number of pyridine rings is 1. The summed E-state index contributed by atoms with van der Waals surface area (Å²) >= 11 is 0. The van der Waals surface area contributed by atoms with Gasteiger partial charge in [0.15, 0.2) is 0 Å². The van der Waals surface area contributed by atoms with Crippen molar-refractivity contribution in [3.05, 3.63) is 29.6 Å². The van der Waals surface area contributed by atoms with Crippen LogP contribution in [0.5, 0.6) is 0 Å². The minimum absolute atomic E-state index is 0.879. The van der Waals surface area contributed by atoms with Crippen molar-refractivity contribution in [2.24, 2.45) is 5.92 Å². The molecule has 0 radical (unpaired) electrons. The number of aromatic nitrogens is 1. The molecule has 13 heavy (non-hydrogen) atoms. The highest BCUT2D eigenvalue weighted by Crippen LogP contribution is 2.16. The largest absolute Gasteiger partial charge is 0.297 e. The maximum Gasteiger partial charge on any atom is 0.0546 e. The Hall–Kier alpha value is -0.890. The van der Waals surface area contributed by atoms with E-state index in [4.69, 9.17) is 0 Å². The van der Waals surface area contributed by atoms with Crippen molar-refractivity contribution in [3.8, 4) is 0 Å². The Morgan fingerprint density at radius 2 is 2.31 bits per heavy atom. The summed E-state index contributed by atoms with van der Waals surface area (Å²) in [5, 5.41) is 0. The maximum atomic E-state index is 4.34. The fourth-order valence-electron chi connectivity index (χ4n) is 1.87. The number of nitrogens with zero attached hydrogens (tertiary/aromatic N) is 2. The Bertz CT molecular complexity index is 290. The van der Waals surface area contributed by atoms with Crippen molar-refractivity contribution in [1.82, 2.24) is 9.88 Å². The fourth-order valence-corrected chi connectivity index (χ4v) is 1.87. The lowest BCUT2D eigenvalue weighted by Gasteiger charge is -2.36. The van der Waals surface area contributed by atoms with Gasteiger partial charge in [-0.1, -0.05) is 6.92 Å². The van der Waals surface area contributed by atoms with Crippen molar-refractivity contribution in [1.29, 1.82) is 0 Å². The molecule has 1 saturated heterocycles. The Labute approximate surface area is 79.6 Å². The molecule has 2 rings (SSSR count). The van der Waals surface area contributed by atoms with Crippen molar-refractivity contribution < 1.29 is 0 Å². The van der Waals surface area contributed by atoms with Crippen molar-refractivity contribution in [3.63, 3.8) is 0 Å². The van der Waals surface area contributed by atoms with Crippen LogP contribution in [0.15, 0.2) is 18.3 Å². The smallest absolute Gasteiger partial charge is 0.0546 e. The molecule has 1 aliphatic heterocycles. The second-order valence-electron chi connectivity index (χ2n) is 4.12. The molecule has 0 aromatic carbocycles. The molecule has 2 nitrogen and oxygen atoms in total. The van der Waals surface area contributed by atoms with E-state index in [2.05, 4.69) is 29.8 Å². The highest BCUT2D eigenvalue weighted by Gasteiger charge is 2.22. The van der Waals surface area contributed by atoms with E-state index in [1.807, 2.05) is 12.3 Å². The number of hydrogen-bond donors (Lipinski definition) is 0. The van der Waals surface area contributed by atoms with Crippen LogP contribution in [-0.2, 0) is 6.54 Å². The van der Waals surface area contributed by atoms with E-state index < -0.39 is 0 Å². The highest BCUT2D eigenvalue weighted by atomic mass is 15.2. The summed E-state index contributed by atoms with van der Waals surface area (Å²) in [6.45, 7) is 7.89. The summed E-state index contributed by atoms with van der Waals surface area (Å²) in [6, 6.07) is 4.21. The van der Waals surface area contributed by atoms with Crippen LogP contribution in [0, 0.1) is 12.8 Å². The first-order valence-electron chi connectivity index (χ1n) is 4.88. The Kier molecular flexibility index (Phi) is 2.32. The van der Waals surface area contributed by atoms with Gasteiger partial charge in [0.05, 0.1) is 5.69 Å². The minimum Gasteiger partial charge on any atom is -0.297 e. The molecule has 0 unspecified atom stereocenters. The molecule has 1 fully saturated rings. The summed E-state index contributed by atoms with van der Waals surface area (Å²) in [7, 11) is 0. The van der Waals surface area contributed by atoms with Gasteiger partial charge in [0.25, 0.3) is 0 Å². The molecule has 0 spiro atoms. The topological polar surface area (TPSA) is 16.1 Å². The van der Waals surface area contributed by atoms with Crippen molar-refractivity contribution >= 4 is 0 Å². The second kappa shape index (κ2) is 3.46. The Morgan fingerprint density at radius 3 is 2.92 bits per heavy atom. The standard InChI is InChI=1S/C11H16N2/c1-9-3-4-12-11(5-9)8-13-6-10(2)7-13/h3-5,10H,6-8H2,1-2H3. The highest BCUT2D eigenvalue weighted by molar-refractivity contribution is 5.14. The molecule has 0 bridgehead atoms. The van der Waals surface area contributed by atoms with E-state index in [0.29, 0.717) is 0 Å². The zero-order chi connectivity index (χ0) is 9.26. The molecular formula is C11H16N2. The van der Waals surface area contributed by atoms with E-state index in [9.17, 15) is 0 Å². The number of likely N-dealkylation sites (tertiary alicyclic amines) is 1. The predicted octanol–water partition coefficient (Wildman–Crippen LogP) is 1.84. The van der Waals surface area contributed by atoms with E-state index in [1.54, 1.807) is 0 Å². The number of rotatable bonds is 2. The van der Waals surface area contributed by atoms with Gasteiger partial charge in [0, 0.05) is 25.8 Å². The van der Waals surface area contributed by atoms with Gasteiger partial charge in [-0.3, -0.25) is 9.88 Å². The van der Waals surface area contributed by atoms with Crippen LogP contribution in [0.25, 0.3) is 0 Å². The molecule has 0 N–H and O–H groups in total. The van der Waals surface area contributed by atoms with Crippen LogP contribution in [0.1, 0.15) is 18.2 Å². The van der Waals surface area contributed by atoms with E-state index >= 15 is 0 Å². The van der Waals surface area contributed by atoms with Gasteiger partial charge in [-0.15, -0.1) is 0 Å². The molecule has 70 valence electrons. The van der Waals surface area contributed by atoms with Crippen molar-refractivity contribution in [2.45, 2.75) is 20.4 Å². The third-order valence-corrected chi connectivity index (χ3v) is 2.50. The maximum absolute atomic E-state index is 4.34. The number of aryl methyl sites for hydroxylation is 1. The molecule has 2 heterocycles. The first-order chi connectivity index (χ1) is 6.24. The zero-order valence-corrected chi connectivity index (χ0v) is 8.33. The average molecular weight is 176 g/mol. The monoisotopic (exact) mass is 176 g/mol. The van der Waals surface area contributed by atoms with Crippen LogP contribution < -0.4 is 0 Å². The molecule has 1 aromatic rings. The summed E-state index contributed by atoms with van der Waals surface area (Å²) in [5.74, 6) is 0.879. The Balaban J connectivity index is 1.94. The minimum atomic E-state index is 0.879. The lowest BCUT2D eigenvalue weighted by Crippen LogP contribution is -2.44. The number of hydrogen-bond acceptors (Lipinski definition) is 2. The zero-order valence-electron chi connectivity index (χ0n) is 8.33. The van der Waals surface area contributed by atoms with Crippen LogP contribution >= 0.6 is 0 Å². The van der Waals surface area contributed by atoms with Gasteiger partial charge >= 0.3 is 0 Å². The summed E-state index contributed by atoms with van der Waals surface area (Å²) < 4.78 is 0. The molecular weight excluding hydrogens is 160 g/mol. The lowest BCUT2D eigenvalue weighted by atomic mass is 10.0. The van der Waals surface area contributed by atoms with Gasteiger partial charge in [0.1, 0.15) is 0 Å². The summed E-state index contributed by atoms with van der Waals surface area (Å²) in [6.07, 6.45) is 1.90. The molecule has 0 saturated carbocycles. The first kappa shape index (κ1) is 8.70. The van der Waals surface area contributed by atoms with E-state index in [-0.39, 0.29) is 0 Å². The Morgan fingerprint density at radius 1 is 1.54 bits per heavy atom. The summed E-state index contributed by atoms with van der Waals surface area (Å²) in [5.41, 5.74) is 2.51. The van der Waals surface area contributed by atoms with Crippen LogP contribution in [0.2, 0.25) is 0 Å². The van der Waals surface area contributed by atoms with Gasteiger partial charge in [-0.05, 0) is 30.5 Å². The normalized spacial score (nSPS) is 18.6. The fraction of sp³-hybridized carbons (Fsp3) is 0.545. The van der Waals surface area contributed by atoms with Crippen LogP contribution in [0.4, 0.5) is 0 Å². The molecule has 1 aliphatic rings. The average Bonchev–Trinajstić information content (AvgIpc) is 2.01. The van der Waals surface area contributed by atoms with Gasteiger partial charge in [-0.2, -0.15) is 0 Å². The summed E-state index contributed by atoms with van der Waals surface area (Å²) in [4.78, 5) is 6.78. The molecule has 0 amide bonds. The predicted molar refractivity (Wildman–Crippen MR) is 53.4 cm³/mol. The molecule has 2 heteroatoms. The molecule has 0 aliphatic carbocycles. The quantitative estimate of drug-likeness (QED) is 0.683. The van der Waals surface area contributed by atoms with E-state index in [1.165, 1.54) is 24.3 Å². The van der Waals surface area contributed by atoms with Gasteiger partial charge < -0.3 is 0 Å². The third kappa shape index (κ3) is 2.07. The third-order valence-electron chi connectivity index (χ3n) is 2.50. The van der Waals surface area contributed by atoms with Crippen LogP contribution in [0.3, 0.4) is 0 Å². The first-order valence-corrected chi connectivity index (χ1v) is 4.88. The van der Waals surface area contributed by atoms with E-state index in [0.717, 1.165) is 12.5 Å². The van der Waals surface area contributed by atoms with Gasteiger partial charge in [0.2, 0.25) is 0 Å². The van der Waals surface area contributed by atoms with Crippen LogP contribution in [-0.4, -0.2) is 23.0 Å².